The monoisotopic (exact) mass is 346 g/mol. The zero-order valence-electron chi connectivity index (χ0n) is 15.1. The molecule has 27 heavy (non-hydrogen) atoms. The molecule has 0 unspecified atom stereocenters. The lowest BCUT2D eigenvalue weighted by atomic mass is 10.0. The van der Waals surface area contributed by atoms with Crippen LogP contribution in [-0.4, -0.2) is 9.97 Å². The third kappa shape index (κ3) is 2.76. The molecule has 0 atom stereocenters. The lowest BCUT2D eigenvalue weighted by Gasteiger charge is -2.11. The van der Waals surface area contributed by atoms with Gasteiger partial charge in [-0.2, -0.15) is 0 Å². The molecule has 5 rings (SSSR count). The van der Waals surface area contributed by atoms with Crippen LogP contribution < -0.4 is 0 Å². The molecule has 2 nitrogen and oxygen atoms in total. The average molecular weight is 346 g/mol. The number of fused-ring (bicyclic) bond motifs is 2. The van der Waals surface area contributed by atoms with Crippen LogP contribution in [-0.2, 0) is 0 Å². The summed E-state index contributed by atoms with van der Waals surface area (Å²) in [7, 11) is 0. The lowest BCUT2D eigenvalue weighted by Crippen LogP contribution is -1.96. The van der Waals surface area contributed by atoms with Crippen LogP contribution in [0, 0.1) is 6.92 Å². The summed E-state index contributed by atoms with van der Waals surface area (Å²) in [6, 6.07) is 31.5. The van der Waals surface area contributed by atoms with Gasteiger partial charge in [-0.05, 0) is 34.5 Å². The molecule has 0 aliphatic carbocycles. The van der Waals surface area contributed by atoms with Gasteiger partial charge < -0.3 is 0 Å². The minimum Gasteiger partial charge on any atom is -0.233 e. The number of hydrogen-bond acceptors (Lipinski definition) is 2. The van der Waals surface area contributed by atoms with Gasteiger partial charge in [-0.15, -0.1) is 0 Å². The van der Waals surface area contributed by atoms with Gasteiger partial charge in [0.25, 0.3) is 0 Å². The van der Waals surface area contributed by atoms with Crippen molar-refractivity contribution in [3.63, 3.8) is 0 Å². The fourth-order valence-corrected chi connectivity index (χ4v) is 3.70. The van der Waals surface area contributed by atoms with E-state index in [1.54, 1.807) is 0 Å². The van der Waals surface area contributed by atoms with Gasteiger partial charge in [-0.1, -0.05) is 84.9 Å². The van der Waals surface area contributed by atoms with Crippen molar-refractivity contribution in [2.45, 2.75) is 6.92 Å². The second-order valence-electron chi connectivity index (χ2n) is 6.77. The molecule has 0 amide bonds. The zero-order chi connectivity index (χ0) is 18.2. The Morgan fingerprint density at radius 1 is 0.556 bits per heavy atom. The Labute approximate surface area is 158 Å². The summed E-state index contributed by atoms with van der Waals surface area (Å²) >= 11 is 0. The highest BCUT2D eigenvalue weighted by molar-refractivity contribution is 5.97. The number of rotatable bonds is 2. The van der Waals surface area contributed by atoms with Gasteiger partial charge in [0.05, 0.1) is 5.69 Å². The molecule has 5 aromatic rings. The summed E-state index contributed by atoms with van der Waals surface area (Å²) in [5.41, 5.74) is 4.14. The van der Waals surface area contributed by atoms with Crippen molar-refractivity contribution in [2.24, 2.45) is 0 Å². The smallest absolute Gasteiger partial charge is 0.160 e. The maximum atomic E-state index is 4.96. The van der Waals surface area contributed by atoms with E-state index in [9.17, 15) is 0 Å². The summed E-state index contributed by atoms with van der Waals surface area (Å²) in [6.45, 7) is 2.03. The van der Waals surface area contributed by atoms with Crippen molar-refractivity contribution in [3.8, 4) is 22.6 Å². The maximum Gasteiger partial charge on any atom is 0.160 e. The molecule has 2 heteroatoms. The first-order valence-electron chi connectivity index (χ1n) is 9.11. The summed E-state index contributed by atoms with van der Waals surface area (Å²) in [6.07, 6.45) is 0. The number of nitrogens with zero attached hydrogens (tertiary/aromatic N) is 2. The van der Waals surface area contributed by atoms with Crippen molar-refractivity contribution in [2.75, 3.05) is 0 Å². The molecular weight excluding hydrogens is 328 g/mol. The first-order valence-corrected chi connectivity index (χ1v) is 9.11. The third-order valence-corrected chi connectivity index (χ3v) is 4.95. The molecule has 0 spiro atoms. The van der Waals surface area contributed by atoms with Gasteiger partial charge in [0.1, 0.15) is 0 Å². The summed E-state index contributed by atoms with van der Waals surface area (Å²) in [4.78, 5) is 9.71. The Kier molecular flexibility index (Phi) is 3.68. The van der Waals surface area contributed by atoms with E-state index in [1.165, 1.54) is 21.5 Å². The molecule has 0 bridgehead atoms. The van der Waals surface area contributed by atoms with Crippen molar-refractivity contribution < 1.29 is 0 Å². The van der Waals surface area contributed by atoms with Crippen LogP contribution in [0.15, 0.2) is 91.0 Å². The van der Waals surface area contributed by atoms with E-state index < -0.39 is 0 Å². The summed E-state index contributed by atoms with van der Waals surface area (Å²) in [5.74, 6) is 0.773. The Balaban J connectivity index is 1.76. The van der Waals surface area contributed by atoms with E-state index in [-0.39, 0.29) is 0 Å². The van der Waals surface area contributed by atoms with Crippen LogP contribution in [0.4, 0.5) is 0 Å². The summed E-state index contributed by atoms with van der Waals surface area (Å²) in [5, 5.41) is 4.81. The third-order valence-electron chi connectivity index (χ3n) is 4.95. The van der Waals surface area contributed by atoms with Gasteiger partial charge in [0, 0.05) is 16.8 Å². The molecule has 0 saturated heterocycles. The fraction of sp³-hybridized carbons (Fsp3) is 0.0400. The molecule has 0 aliphatic heterocycles. The van der Waals surface area contributed by atoms with E-state index in [0.717, 1.165) is 28.3 Å². The van der Waals surface area contributed by atoms with Gasteiger partial charge in [-0.3, -0.25) is 0 Å². The van der Waals surface area contributed by atoms with Crippen LogP contribution in [0.25, 0.3) is 44.2 Å². The van der Waals surface area contributed by atoms with Gasteiger partial charge in [0.15, 0.2) is 5.82 Å². The minimum absolute atomic E-state index is 0.773. The van der Waals surface area contributed by atoms with E-state index in [4.69, 9.17) is 9.97 Å². The Hall–Kier alpha value is -3.52. The second-order valence-corrected chi connectivity index (χ2v) is 6.77. The second kappa shape index (κ2) is 6.33. The molecule has 0 aliphatic rings. The number of aryl methyl sites for hydroxylation is 1. The largest absolute Gasteiger partial charge is 0.233 e. The number of aromatic nitrogens is 2. The predicted octanol–water partition coefficient (Wildman–Crippen LogP) is 6.43. The maximum absolute atomic E-state index is 4.96. The molecule has 128 valence electrons. The molecule has 1 aromatic heterocycles. The Bertz CT molecular complexity index is 1180. The van der Waals surface area contributed by atoms with Gasteiger partial charge in [-0.25, -0.2) is 9.97 Å². The van der Waals surface area contributed by atoms with Gasteiger partial charge in [0.2, 0.25) is 0 Å². The minimum atomic E-state index is 0.773. The SMILES string of the molecule is Cc1cc(-c2cccc3ccccc23)nc(-c2cccc3ccccc23)n1. The van der Waals surface area contributed by atoms with Crippen LogP contribution in [0.2, 0.25) is 0 Å². The fourth-order valence-electron chi connectivity index (χ4n) is 3.70. The highest BCUT2D eigenvalue weighted by atomic mass is 14.9. The van der Waals surface area contributed by atoms with Crippen molar-refractivity contribution in [3.05, 3.63) is 96.7 Å². The van der Waals surface area contributed by atoms with Crippen LogP contribution in [0.5, 0.6) is 0 Å². The Morgan fingerprint density at radius 3 is 1.81 bits per heavy atom. The number of benzene rings is 4. The van der Waals surface area contributed by atoms with Crippen LogP contribution >= 0.6 is 0 Å². The van der Waals surface area contributed by atoms with Crippen LogP contribution in [0.1, 0.15) is 5.69 Å². The normalized spacial score (nSPS) is 11.1. The van der Waals surface area contributed by atoms with E-state index in [0.29, 0.717) is 0 Å². The molecule has 1 heterocycles. The zero-order valence-corrected chi connectivity index (χ0v) is 15.1. The first-order chi connectivity index (χ1) is 13.3. The van der Waals surface area contributed by atoms with Crippen molar-refractivity contribution in [1.29, 1.82) is 0 Å². The van der Waals surface area contributed by atoms with Crippen molar-refractivity contribution in [1.82, 2.24) is 9.97 Å². The first kappa shape index (κ1) is 15.7. The molecule has 4 aromatic carbocycles. The average Bonchev–Trinajstić information content (AvgIpc) is 2.72. The number of hydrogen-bond donors (Lipinski definition) is 0. The summed E-state index contributed by atoms with van der Waals surface area (Å²) < 4.78 is 0. The standard InChI is InChI=1S/C25H18N2/c1-17-16-24(22-14-6-10-18-8-2-4-12-20(18)22)27-25(26-17)23-15-7-11-19-9-3-5-13-21(19)23/h2-16H,1H3. The molecule has 0 radical (unpaired) electrons. The predicted molar refractivity (Wildman–Crippen MR) is 113 cm³/mol. The lowest BCUT2D eigenvalue weighted by molar-refractivity contribution is 1.12. The quantitative estimate of drug-likeness (QED) is 0.368. The van der Waals surface area contributed by atoms with Gasteiger partial charge >= 0.3 is 0 Å². The topological polar surface area (TPSA) is 25.8 Å². The van der Waals surface area contributed by atoms with E-state index >= 15 is 0 Å². The molecule has 0 N–H and O–H groups in total. The highest BCUT2D eigenvalue weighted by Crippen LogP contribution is 2.31. The molecular formula is C25H18N2. The van der Waals surface area contributed by atoms with Crippen molar-refractivity contribution >= 4 is 21.5 Å². The molecule has 0 fully saturated rings. The van der Waals surface area contributed by atoms with E-state index in [1.807, 2.05) is 6.92 Å². The molecule has 0 saturated carbocycles. The Morgan fingerprint density at radius 2 is 1.11 bits per heavy atom. The highest BCUT2D eigenvalue weighted by Gasteiger charge is 2.11. The van der Waals surface area contributed by atoms with E-state index in [2.05, 4.69) is 91.0 Å². The van der Waals surface area contributed by atoms with Crippen LogP contribution in [0.3, 0.4) is 0 Å².